The number of hydrogen-bond donors (Lipinski definition) is 2. The third-order valence-electron chi connectivity index (χ3n) is 2.08. The standard InChI is InChI=1S/C9H12N2O4/c1-2-11-7(3-4-10-11)6(9(14)15)5-8(12)13/h3-4,6H,2,5H2,1H3,(H,12,13)(H,14,15). The van der Waals surface area contributed by atoms with Crippen molar-refractivity contribution in [3.8, 4) is 0 Å². The Morgan fingerprint density at radius 3 is 2.67 bits per heavy atom. The van der Waals surface area contributed by atoms with E-state index >= 15 is 0 Å². The highest BCUT2D eigenvalue weighted by Gasteiger charge is 2.25. The van der Waals surface area contributed by atoms with Crippen LogP contribution in [0.3, 0.4) is 0 Å². The minimum atomic E-state index is -1.15. The summed E-state index contributed by atoms with van der Waals surface area (Å²) in [5, 5.41) is 21.4. The maximum atomic E-state index is 10.9. The van der Waals surface area contributed by atoms with Gasteiger partial charge in [0, 0.05) is 12.7 Å². The highest BCUT2D eigenvalue weighted by Crippen LogP contribution is 2.19. The molecule has 82 valence electrons. The van der Waals surface area contributed by atoms with E-state index in [-0.39, 0.29) is 0 Å². The molecule has 0 spiro atoms. The first-order valence-electron chi connectivity index (χ1n) is 4.52. The van der Waals surface area contributed by atoms with E-state index in [9.17, 15) is 9.59 Å². The topological polar surface area (TPSA) is 92.4 Å². The Labute approximate surface area is 86.1 Å². The van der Waals surface area contributed by atoms with Gasteiger partial charge in [0.2, 0.25) is 0 Å². The maximum Gasteiger partial charge on any atom is 0.313 e. The van der Waals surface area contributed by atoms with Crippen molar-refractivity contribution in [2.45, 2.75) is 25.8 Å². The number of aryl methyl sites for hydroxylation is 1. The maximum absolute atomic E-state index is 10.9. The summed E-state index contributed by atoms with van der Waals surface area (Å²) in [5.41, 5.74) is 0.424. The normalized spacial score (nSPS) is 12.3. The Morgan fingerprint density at radius 2 is 2.20 bits per heavy atom. The molecule has 0 aliphatic rings. The van der Waals surface area contributed by atoms with Crippen molar-refractivity contribution >= 4 is 11.9 Å². The van der Waals surface area contributed by atoms with E-state index in [2.05, 4.69) is 5.10 Å². The fourth-order valence-corrected chi connectivity index (χ4v) is 1.40. The third-order valence-corrected chi connectivity index (χ3v) is 2.08. The summed E-state index contributed by atoms with van der Waals surface area (Å²) in [6.45, 7) is 2.34. The van der Waals surface area contributed by atoms with E-state index in [1.807, 2.05) is 6.92 Å². The minimum Gasteiger partial charge on any atom is -0.481 e. The first-order chi connectivity index (χ1) is 7.06. The van der Waals surface area contributed by atoms with Gasteiger partial charge < -0.3 is 10.2 Å². The SMILES string of the molecule is CCn1nccc1C(CC(=O)O)C(=O)O. The monoisotopic (exact) mass is 212 g/mol. The number of aromatic nitrogens is 2. The zero-order chi connectivity index (χ0) is 11.4. The first kappa shape index (κ1) is 11.2. The number of nitrogens with zero attached hydrogens (tertiary/aromatic N) is 2. The van der Waals surface area contributed by atoms with Gasteiger partial charge in [-0.1, -0.05) is 0 Å². The van der Waals surface area contributed by atoms with Gasteiger partial charge in [-0.2, -0.15) is 5.10 Å². The molecule has 0 amide bonds. The fraction of sp³-hybridized carbons (Fsp3) is 0.444. The lowest BCUT2D eigenvalue weighted by molar-refractivity contribution is -0.145. The van der Waals surface area contributed by atoms with Crippen molar-refractivity contribution < 1.29 is 19.8 Å². The lowest BCUT2D eigenvalue weighted by Gasteiger charge is -2.11. The van der Waals surface area contributed by atoms with E-state index < -0.39 is 24.3 Å². The summed E-state index contributed by atoms with van der Waals surface area (Å²) in [4.78, 5) is 21.4. The molecular weight excluding hydrogens is 200 g/mol. The third kappa shape index (κ3) is 2.55. The molecule has 1 heterocycles. The average Bonchev–Trinajstić information content (AvgIpc) is 2.60. The van der Waals surface area contributed by atoms with Crippen LogP contribution in [0.1, 0.15) is 25.0 Å². The molecule has 0 bridgehead atoms. The van der Waals surface area contributed by atoms with Crippen molar-refractivity contribution in [2.75, 3.05) is 0 Å². The van der Waals surface area contributed by atoms with Gasteiger partial charge in [-0.25, -0.2) is 0 Å². The summed E-state index contributed by atoms with van der Waals surface area (Å²) in [5.74, 6) is -3.32. The quantitative estimate of drug-likeness (QED) is 0.743. The largest absolute Gasteiger partial charge is 0.481 e. The molecule has 1 aromatic rings. The lowest BCUT2D eigenvalue weighted by Crippen LogP contribution is -2.19. The predicted octanol–water partition coefficient (Wildman–Crippen LogP) is 0.546. The second kappa shape index (κ2) is 4.59. The van der Waals surface area contributed by atoms with Gasteiger partial charge in [0.05, 0.1) is 12.1 Å². The van der Waals surface area contributed by atoms with Crippen LogP contribution in [0.25, 0.3) is 0 Å². The van der Waals surface area contributed by atoms with Crippen molar-refractivity contribution in [3.63, 3.8) is 0 Å². The smallest absolute Gasteiger partial charge is 0.313 e. The molecule has 0 aliphatic carbocycles. The van der Waals surface area contributed by atoms with Gasteiger partial charge in [0.1, 0.15) is 5.92 Å². The van der Waals surface area contributed by atoms with Gasteiger partial charge in [-0.3, -0.25) is 14.3 Å². The molecule has 1 unspecified atom stereocenters. The van der Waals surface area contributed by atoms with E-state index in [0.29, 0.717) is 12.2 Å². The molecule has 15 heavy (non-hydrogen) atoms. The Balaban J connectivity index is 2.98. The highest BCUT2D eigenvalue weighted by molar-refractivity contribution is 5.81. The van der Waals surface area contributed by atoms with Crippen LogP contribution in [0, 0.1) is 0 Å². The molecule has 1 atom stereocenters. The summed E-state index contributed by atoms with van der Waals surface area (Å²) in [7, 11) is 0. The fourth-order valence-electron chi connectivity index (χ4n) is 1.40. The minimum absolute atomic E-state index is 0.424. The number of carboxylic acid groups (broad SMARTS) is 2. The molecule has 0 radical (unpaired) electrons. The molecule has 0 fully saturated rings. The van der Waals surface area contributed by atoms with Crippen molar-refractivity contribution in [1.82, 2.24) is 9.78 Å². The Morgan fingerprint density at radius 1 is 1.53 bits per heavy atom. The van der Waals surface area contributed by atoms with Gasteiger partial charge in [0.15, 0.2) is 0 Å². The molecule has 0 saturated carbocycles. The molecule has 2 N–H and O–H groups in total. The van der Waals surface area contributed by atoms with Crippen molar-refractivity contribution in [1.29, 1.82) is 0 Å². The van der Waals surface area contributed by atoms with Gasteiger partial charge >= 0.3 is 11.9 Å². The highest BCUT2D eigenvalue weighted by atomic mass is 16.4. The average molecular weight is 212 g/mol. The molecule has 6 nitrogen and oxygen atoms in total. The first-order valence-corrected chi connectivity index (χ1v) is 4.52. The molecule has 1 aromatic heterocycles. The van der Waals surface area contributed by atoms with Crippen LogP contribution in [0.2, 0.25) is 0 Å². The summed E-state index contributed by atoms with van der Waals surface area (Å²) < 4.78 is 1.49. The predicted molar refractivity (Wildman–Crippen MR) is 50.5 cm³/mol. The number of hydrogen-bond acceptors (Lipinski definition) is 3. The second-order valence-electron chi connectivity index (χ2n) is 3.06. The van der Waals surface area contributed by atoms with Gasteiger partial charge in [0.25, 0.3) is 0 Å². The van der Waals surface area contributed by atoms with Crippen LogP contribution < -0.4 is 0 Å². The molecule has 0 aromatic carbocycles. The Hall–Kier alpha value is -1.85. The summed E-state index contributed by atoms with van der Waals surface area (Å²) in [6, 6.07) is 1.53. The van der Waals surface area contributed by atoms with Crippen molar-refractivity contribution in [2.24, 2.45) is 0 Å². The van der Waals surface area contributed by atoms with Crippen LogP contribution in [0.5, 0.6) is 0 Å². The van der Waals surface area contributed by atoms with E-state index in [0.717, 1.165) is 0 Å². The molecule has 0 saturated heterocycles. The number of carboxylic acids is 2. The zero-order valence-electron chi connectivity index (χ0n) is 8.25. The second-order valence-corrected chi connectivity index (χ2v) is 3.06. The number of rotatable bonds is 5. The molecule has 6 heteroatoms. The lowest BCUT2D eigenvalue weighted by atomic mass is 10.0. The zero-order valence-corrected chi connectivity index (χ0v) is 8.25. The van der Waals surface area contributed by atoms with E-state index in [1.54, 1.807) is 0 Å². The molecule has 0 aliphatic heterocycles. The van der Waals surface area contributed by atoms with Crippen LogP contribution >= 0.6 is 0 Å². The number of aliphatic carboxylic acids is 2. The van der Waals surface area contributed by atoms with Crippen LogP contribution in [0.4, 0.5) is 0 Å². The number of carbonyl (C=O) groups is 2. The Bertz CT molecular complexity index is 372. The van der Waals surface area contributed by atoms with Gasteiger partial charge in [-0.05, 0) is 13.0 Å². The molecular formula is C9H12N2O4. The van der Waals surface area contributed by atoms with Crippen molar-refractivity contribution in [3.05, 3.63) is 18.0 Å². The van der Waals surface area contributed by atoms with E-state index in [1.165, 1.54) is 16.9 Å². The van der Waals surface area contributed by atoms with E-state index in [4.69, 9.17) is 10.2 Å². The summed E-state index contributed by atoms with van der Waals surface area (Å²) in [6.07, 6.45) is 1.04. The van der Waals surface area contributed by atoms with Crippen LogP contribution in [-0.4, -0.2) is 31.9 Å². The summed E-state index contributed by atoms with van der Waals surface area (Å²) >= 11 is 0. The van der Waals surface area contributed by atoms with Gasteiger partial charge in [-0.15, -0.1) is 0 Å². The molecule has 1 rings (SSSR count). The van der Waals surface area contributed by atoms with Crippen LogP contribution in [-0.2, 0) is 16.1 Å². The Kier molecular flexibility index (Phi) is 3.43. The van der Waals surface area contributed by atoms with Crippen LogP contribution in [0.15, 0.2) is 12.3 Å².